The van der Waals surface area contributed by atoms with Gasteiger partial charge in [-0.25, -0.2) is 9.97 Å². The van der Waals surface area contributed by atoms with Crippen LogP contribution in [0.4, 0.5) is 0 Å². The Morgan fingerprint density at radius 1 is 1.09 bits per heavy atom. The molecule has 112 valence electrons. The molecule has 6 nitrogen and oxygen atoms in total. The summed E-state index contributed by atoms with van der Waals surface area (Å²) in [6, 6.07) is 11.8. The molecular weight excluding hydrogens is 296 g/mol. The van der Waals surface area contributed by atoms with Crippen molar-refractivity contribution in [3.8, 4) is 5.69 Å². The molecule has 0 spiro atoms. The predicted octanol–water partition coefficient (Wildman–Crippen LogP) is 2.92. The Morgan fingerprint density at radius 3 is 2.59 bits per heavy atom. The highest BCUT2D eigenvalue weighted by Gasteiger charge is 2.18. The van der Waals surface area contributed by atoms with E-state index < -0.39 is 0 Å². The number of nitrogens with zero attached hydrogens (tertiary/aromatic N) is 6. The summed E-state index contributed by atoms with van der Waals surface area (Å²) >= 11 is 1.62. The molecular formula is C15H16N6S. The van der Waals surface area contributed by atoms with Crippen LogP contribution in [0, 0.1) is 13.8 Å². The van der Waals surface area contributed by atoms with Crippen LogP contribution in [0.1, 0.15) is 29.5 Å². The molecule has 2 aromatic heterocycles. The number of hydrogen-bond acceptors (Lipinski definition) is 6. The summed E-state index contributed by atoms with van der Waals surface area (Å²) in [4.78, 5) is 8.76. The normalized spacial score (nSPS) is 12.3. The smallest absolute Gasteiger partial charge is 0.169 e. The van der Waals surface area contributed by atoms with Crippen LogP contribution in [0.25, 0.3) is 5.69 Å². The molecule has 0 saturated heterocycles. The molecule has 1 aromatic carbocycles. The van der Waals surface area contributed by atoms with Gasteiger partial charge in [-0.2, -0.15) is 4.68 Å². The maximum absolute atomic E-state index is 4.46. The van der Waals surface area contributed by atoms with Crippen molar-refractivity contribution in [2.24, 2.45) is 0 Å². The molecule has 0 radical (unpaired) electrons. The second kappa shape index (κ2) is 6.23. The topological polar surface area (TPSA) is 69.4 Å². The van der Waals surface area contributed by atoms with Crippen molar-refractivity contribution in [3.05, 3.63) is 53.7 Å². The Bertz CT molecular complexity index is 750. The number of para-hydroxylation sites is 1. The van der Waals surface area contributed by atoms with Gasteiger partial charge in [0.2, 0.25) is 0 Å². The van der Waals surface area contributed by atoms with Crippen molar-refractivity contribution in [2.75, 3.05) is 0 Å². The number of aromatic nitrogens is 6. The van der Waals surface area contributed by atoms with Gasteiger partial charge in [-0.3, -0.25) is 0 Å². The zero-order valence-electron chi connectivity index (χ0n) is 12.6. The lowest BCUT2D eigenvalue weighted by atomic mass is 10.3. The summed E-state index contributed by atoms with van der Waals surface area (Å²) in [6.45, 7) is 5.94. The average Bonchev–Trinajstić information content (AvgIpc) is 2.96. The summed E-state index contributed by atoms with van der Waals surface area (Å²) in [5.74, 6) is 1.57. The van der Waals surface area contributed by atoms with Crippen LogP contribution in [-0.4, -0.2) is 30.2 Å². The molecule has 0 amide bonds. The zero-order valence-corrected chi connectivity index (χ0v) is 13.4. The summed E-state index contributed by atoms with van der Waals surface area (Å²) in [7, 11) is 0. The van der Waals surface area contributed by atoms with Crippen LogP contribution >= 0.6 is 11.8 Å². The van der Waals surface area contributed by atoms with E-state index in [2.05, 4.69) is 32.4 Å². The standard InChI is InChI=1S/C15H16N6S/c1-10-9-14(17-12(3)16-10)22-11(2)15-18-19-20-21(15)13-7-5-4-6-8-13/h4-9,11H,1-3H3. The first-order valence-corrected chi connectivity index (χ1v) is 7.84. The molecule has 0 saturated carbocycles. The van der Waals surface area contributed by atoms with Crippen LogP contribution < -0.4 is 0 Å². The van der Waals surface area contributed by atoms with Crippen LogP contribution in [0.15, 0.2) is 41.4 Å². The lowest BCUT2D eigenvalue weighted by Crippen LogP contribution is -2.05. The summed E-state index contributed by atoms with van der Waals surface area (Å²) in [6.07, 6.45) is 0. The van der Waals surface area contributed by atoms with Crippen LogP contribution in [0.2, 0.25) is 0 Å². The van der Waals surface area contributed by atoms with Gasteiger partial charge >= 0.3 is 0 Å². The first kappa shape index (κ1) is 14.6. The molecule has 0 aliphatic carbocycles. The SMILES string of the molecule is Cc1cc(SC(C)c2nnnn2-c2ccccc2)nc(C)n1. The summed E-state index contributed by atoms with van der Waals surface area (Å²) in [5, 5.41) is 13.1. The monoisotopic (exact) mass is 312 g/mol. The molecule has 3 aromatic rings. The quantitative estimate of drug-likeness (QED) is 0.545. The highest BCUT2D eigenvalue weighted by Crippen LogP contribution is 2.33. The highest BCUT2D eigenvalue weighted by atomic mass is 32.2. The Kier molecular flexibility index (Phi) is 4.15. The Hall–Kier alpha value is -2.28. The second-order valence-electron chi connectivity index (χ2n) is 4.94. The summed E-state index contributed by atoms with van der Waals surface area (Å²) in [5.41, 5.74) is 1.91. The fourth-order valence-corrected chi connectivity index (χ4v) is 3.22. The lowest BCUT2D eigenvalue weighted by molar-refractivity contribution is 0.762. The number of rotatable bonds is 4. The van der Waals surface area contributed by atoms with Gasteiger partial charge in [-0.05, 0) is 49.4 Å². The Labute approximate surface area is 133 Å². The fraction of sp³-hybridized carbons (Fsp3) is 0.267. The molecule has 2 heterocycles. The van der Waals surface area contributed by atoms with Gasteiger partial charge in [0.25, 0.3) is 0 Å². The van der Waals surface area contributed by atoms with Crippen molar-refractivity contribution < 1.29 is 0 Å². The fourth-order valence-electron chi connectivity index (χ4n) is 2.18. The van der Waals surface area contributed by atoms with E-state index in [1.54, 1.807) is 16.4 Å². The van der Waals surface area contributed by atoms with Crippen molar-refractivity contribution in [2.45, 2.75) is 31.0 Å². The van der Waals surface area contributed by atoms with Crippen molar-refractivity contribution >= 4 is 11.8 Å². The molecule has 7 heteroatoms. The maximum atomic E-state index is 4.46. The third-order valence-electron chi connectivity index (χ3n) is 3.10. The number of thioether (sulfide) groups is 1. The summed E-state index contributed by atoms with van der Waals surface area (Å²) < 4.78 is 1.76. The van der Waals surface area contributed by atoms with Gasteiger partial charge in [0, 0.05) is 5.69 Å². The van der Waals surface area contributed by atoms with Crippen molar-refractivity contribution in [3.63, 3.8) is 0 Å². The van der Waals surface area contributed by atoms with E-state index in [0.717, 1.165) is 28.1 Å². The molecule has 0 fully saturated rings. The molecule has 0 aliphatic rings. The van der Waals surface area contributed by atoms with E-state index in [4.69, 9.17) is 0 Å². The average molecular weight is 312 g/mol. The molecule has 22 heavy (non-hydrogen) atoms. The molecule has 1 atom stereocenters. The number of hydrogen-bond donors (Lipinski definition) is 0. The van der Waals surface area contributed by atoms with Gasteiger partial charge in [-0.15, -0.1) is 5.10 Å². The number of aryl methyl sites for hydroxylation is 2. The molecule has 0 N–H and O–H groups in total. The van der Waals surface area contributed by atoms with Gasteiger partial charge < -0.3 is 0 Å². The van der Waals surface area contributed by atoms with E-state index in [0.29, 0.717) is 0 Å². The first-order chi connectivity index (χ1) is 10.6. The number of benzene rings is 1. The molecule has 1 unspecified atom stereocenters. The van der Waals surface area contributed by atoms with E-state index in [1.165, 1.54) is 0 Å². The van der Waals surface area contributed by atoms with Gasteiger partial charge in [0.15, 0.2) is 5.82 Å². The third kappa shape index (κ3) is 3.14. The van der Waals surface area contributed by atoms with E-state index in [-0.39, 0.29) is 5.25 Å². The van der Waals surface area contributed by atoms with E-state index in [1.807, 2.05) is 50.2 Å². The van der Waals surface area contributed by atoms with E-state index in [9.17, 15) is 0 Å². The minimum Gasteiger partial charge on any atom is -0.238 e. The van der Waals surface area contributed by atoms with E-state index >= 15 is 0 Å². The van der Waals surface area contributed by atoms with Crippen LogP contribution in [0.3, 0.4) is 0 Å². The number of tetrazole rings is 1. The largest absolute Gasteiger partial charge is 0.238 e. The Balaban J connectivity index is 1.87. The first-order valence-electron chi connectivity index (χ1n) is 6.96. The lowest BCUT2D eigenvalue weighted by Gasteiger charge is -2.11. The van der Waals surface area contributed by atoms with Crippen molar-refractivity contribution in [1.82, 2.24) is 30.2 Å². The van der Waals surface area contributed by atoms with Crippen LogP contribution in [-0.2, 0) is 0 Å². The third-order valence-corrected chi connectivity index (χ3v) is 4.11. The maximum Gasteiger partial charge on any atom is 0.169 e. The molecule has 0 bridgehead atoms. The predicted molar refractivity (Wildman–Crippen MR) is 84.9 cm³/mol. The zero-order chi connectivity index (χ0) is 15.5. The van der Waals surface area contributed by atoms with Gasteiger partial charge in [0.1, 0.15) is 10.9 Å². The highest BCUT2D eigenvalue weighted by molar-refractivity contribution is 7.99. The molecule has 0 aliphatic heterocycles. The van der Waals surface area contributed by atoms with Crippen LogP contribution in [0.5, 0.6) is 0 Å². The second-order valence-corrected chi connectivity index (χ2v) is 6.30. The van der Waals surface area contributed by atoms with Gasteiger partial charge in [-0.1, -0.05) is 30.0 Å². The van der Waals surface area contributed by atoms with Gasteiger partial charge in [0.05, 0.1) is 10.9 Å². The Morgan fingerprint density at radius 2 is 1.86 bits per heavy atom. The van der Waals surface area contributed by atoms with Crippen molar-refractivity contribution in [1.29, 1.82) is 0 Å². The minimum absolute atomic E-state index is 0.0731. The minimum atomic E-state index is 0.0731. The molecule has 3 rings (SSSR count).